The molecule has 98 valence electrons. The lowest BCUT2D eigenvalue weighted by molar-refractivity contribution is -0.119. The maximum Gasteiger partial charge on any atom is 0.221 e. The number of benzene rings is 1. The summed E-state index contributed by atoms with van der Waals surface area (Å²) < 4.78 is 0. The van der Waals surface area contributed by atoms with Crippen molar-refractivity contribution in [3.8, 4) is 0 Å². The number of amides is 1. The molecule has 0 aliphatic carbocycles. The van der Waals surface area contributed by atoms with Crippen molar-refractivity contribution < 1.29 is 4.79 Å². The first-order valence-electron chi connectivity index (χ1n) is 7.06. The van der Waals surface area contributed by atoms with Crippen LogP contribution in [0.4, 0.5) is 0 Å². The normalized spacial score (nSPS) is 21.9. The van der Waals surface area contributed by atoms with Gasteiger partial charge in [-0.05, 0) is 18.4 Å². The molecular weight excluding hydrogens is 222 g/mol. The van der Waals surface area contributed by atoms with Gasteiger partial charge in [0, 0.05) is 11.8 Å². The topological polar surface area (TPSA) is 29.1 Å². The van der Waals surface area contributed by atoms with Crippen LogP contribution in [0.3, 0.4) is 0 Å². The van der Waals surface area contributed by atoms with E-state index in [2.05, 4.69) is 43.4 Å². The van der Waals surface area contributed by atoms with E-state index in [0.29, 0.717) is 6.42 Å². The molecular formula is C16H23NO. The summed E-state index contributed by atoms with van der Waals surface area (Å²) in [5.41, 5.74) is 1.38. The standard InChI is InChI=1S/C16H23NO/c1-3-10-16(11-4-2)12-14(18)17-15(16)13-8-6-5-7-9-13/h5-9,15H,3-4,10-12H2,1-2H3,(H,17,18). The average molecular weight is 245 g/mol. The Kier molecular flexibility index (Phi) is 4.05. The molecule has 1 aromatic rings. The van der Waals surface area contributed by atoms with Crippen LogP contribution in [-0.2, 0) is 4.79 Å². The Balaban J connectivity index is 2.33. The molecule has 0 bridgehead atoms. The second-order valence-electron chi connectivity index (χ2n) is 5.45. The summed E-state index contributed by atoms with van der Waals surface area (Å²) in [5.74, 6) is 0.214. The maximum absolute atomic E-state index is 11.9. The molecule has 1 aliphatic rings. The van der Waals surface area contributed by atoms with Gasteiger partial charge in [0.2, 0.25) is 5.91 Å². The highest BCUT2D eigenvalue weighted by atomic mass is 16.2. The van der Waals surface area contributed by atoms with Crippen LogP contribution in [0.1, 0.15) is 57.6 Å². The van der Waals surface area contributed by atoms with Gasteiger partial charge in [0.05, 0.1) is 6.04 Å². The Labute approximate surface area is 110 Å². The van der Waals surface area contributed by atoms with Crippen molar-refractivity contribution in [3.05, 3.63) is 35.9 Å². The van der Waals surface area contributed by atoms with Crippen molar-refractivity contribution in [1.82, 2.24) is 5.32 Å². The molecule has 1 saturated heterocycles. The van der Waals surface area contributed by atoms with Crippen molar-refractivity contribution in [2.24, 2.45) is 5.41 Å². The van der Waals surface area contributed by atoms with Crippen LogP contribution in [0.25, 0.3) is 0 Å². The number of hydrogen-bond acceptors (Lipinski definition) is 1. The van der Waals surface area contributed by atoms with E-state index >= 15 is 0 Å². The summed E-state index contributed by atoms with van der Waals surface area (Å²) >= 11 is 0. The van der Waals surface area contributed by atoms with Gasteiger partial charge in [0.1, 0.15) is 0 Å². The van der Waals surface area contributed by atoms with Crippen LogP contribution in [0.2, 0.25) is 0 Å². The van der Waals surface area contributed by atoms with Crippen molar-refractivity contribution >= 4 is 5.91 Å². The number of hydrogen-bond donors (Lipinski definition) is 1. The monoisotopic (exact) mass is 245 g/mol. The van der Waals surface area contributed by atoms with Crippen molar-refractivity contribution in [1.29, 1.82) is 0 Å². The molecule has 1 unspecified atom stereocenters. The van der Waals surface area contributed by atoms with Gasteiger partial charge in [-0.2, -0.15) is 0 Å². The fourth-order valence-electron chi connectivity index (χ4n) is 3.46. The van der Waals surface area contributed by atoms with Gasteiger partial charge in [-0.1, -0.05) is 57.0 Å². The summed E-state index contributed by atoms with van der Waals surface area (Å²) in [5, 5.41) is 3.19. The second-order valence-corrected chi connectivity index (χ2v) is 5.45. The van der Waals surface area contributed by atoms with E-state index in [1.807, 2.05) is 6.07 Å². The van der Waals surface area contributed by atoms with E-state index in [1.54, 1.807) is 0 Å². The third-order valence-electron chi connectivity index (χ3n) is 4.06. The molecule has 0 aromatic heterocycles. The summed E-state index contributed by atoms with van der Waals surface area (Å²) in [6.45, 7) is 4.42. The summed E-state index contributed by atoms with van der Waals surface area (Å²) in [6, 6.07) is 10.6. The fourth-order valence-corrected chi connectivity index (χ4v) is 3.46. The highest BCUT2D eigenvalue weighted by molar-refractivity contribution is 5.80. The van der Waals surface area contributed by atoms with Gasteiger partial charge in [0.25, 0.3) is 0 Å². The number of nitrogens with one attached hydrogen (secondary N) is 1. The van der Waals surface area contributed by atoms with Crippen LogP contribution in [-0.4, -0.2) is 5.91 Å². The molecule has 1 amide bonds. The van der Waals surface area contributed by atoms with Gasteiger partial charge < -0.3 is 5.32 Å². The minimum absolute atomic E-state index is 0.127. The maximum atomic E-state index is 11.9. The lowest BCUT2D eigenvalue weighted by Gasteiger charge is -2.34. The van der Waals surface area contributed by atoms with Crippen molar-refractivity contribution in [2.45, 2.75) is 52.0 Å². The molecule has 1 aliphatic heterocycles. The van der Waals surface area contributed by atoms with Crippen molar-refractivity contribution in [3.63, 3.8) is 0 Å². The summed E-state index contributed by atoms with van der Waals surface area (Å²) in [7, 11) is 0. The first-order valence-corrected chi connectivity index (χ1v) is 7.06. The Morgan fingerprint density at radius 2 is 1.78 bits per heavy atom. The zero-order valence-electron chi connectivity index (χ0n) is 11.4. The lowest BCUT2D eigenvalue weighted by atomic mass is 9.71. The highest BCUT2D eigenvalue weighted by Gasteiger charge is 2.45. The van der Waals surface area contributed by atoms with E-state index in [-0.39, 0.29) is 17.4 Å². The molecule has 0 spiro atoms. The Hall–Kier alpha value is -1.31. The van der Waals surface area contributed by atoms with Crippen LogP contribution in [0.5, 0.6) is 0 Å². The third kappa shape index (κ3) is 2.43. The quantitative estimate of drug-likeness (QED) is 0.839. The molecule has 0 saturated carbocycles. The third-order valence-corrected chi connectivity index (χ3v) is 4.06. The average Bonchev–Trinajstić information content (AvgIpc) is 2.68. The first-order chi connectivity index (χ1) is 8.72. The largest absolute Gasteiger partial charge is 0.349 e. The van der Waals surface area contributed by atoms with E-state index in [9.17, 15) is 4.79 Å². The first kappa shape index (κ1) is 13.1. The molecule has 18 heavy (non-hydrogen) atoms. The zero-order chi connectivity index (χ0) is 13.0. The summed E-state index contributed by atoms with van der Waals surface area (Å²) in [4.78, 5) is 11.9. The molecule has 2 rings (SSSR count). The molecule has 0 radical (unpaired) electrons. The van der Waals surface area contributed by atoms with E-state index in [0.717, 1.165) is 25.7 Å². The minimum Gasteiger partial charge on any atom is -0.349 e. The van der Waals surface area contributed by atoms with Gasteiger partial charge >= 0.3 is 0 Å². The fraction of sp³-hybridized carbons (Fsp3) is 0.562. The van der Waals surface area contributed by atoms with Crippen LogP contribution in [0.15, 0.2) is 30.3 Å². The van der Waals surface area contributed by atoms with Crippen LogP contribution >= 0.6 is 0 Å². The second kappa shape index (κ2) is 5.55. The van der Waals surface area contributed by atoms with E-state index < -0.39 is 0 Å². The highest BCUT2D eigenvalue weighted by Crippen LogP contribution is 2.48. The van der Waals surface area contributed by atoms with Crippen molar-refractivity contribution in [2.75, 3.05) is 0 Å². The van der Waals surface area contributed by atoms with Gasteiger partial charge in [-0.15, -0.1) is 0 Å². The molecule has 2 heteroatoms. The minimum atomic E-state index is 0.127. The van der Waals surface area contributed by atoms with Gasteiger partial charge in [-0.25, -0.2) is 0 Å². The Bertz CT molecular complexity index is 393. The van der Waals surface area contributed by atoms with E-state index in [4.69, 9.17) is 0 Å². The van der Waals surface area contributed by atoms with E-state index in [1.165, 1.54) is 5.56 Å². The zero-order valence-corrected chi connectivity index (χ0v) is 11.4. The SMILES string of the molecule is CCCC1(CCC)CC(=O)NC1c1ccccc1. The number of carbonyl (C=O) groups excluding carboxylic acids is 1. The molecule has 2 nitrogen and oxygen atoms in total. The molecule has 1 heterocycles. The molecule has 1 atom stereocenters. The Morgan fingerprint density at radius 1 is 1.17 bits per heavy atom. The lowest BCUT2D eigenvalue weighted by Crippen LogP contribution is -2.29. The van der Waals surface area contributed by atoms with Gasteiger partial charge in [-0.3, -0.25) is 4.79 Å². The summed E-state index contributed by atoms with van der Waals surface area (Å²) in [6.07, 6.45) is 5.21. The molecule has 1 N–H and O–H groups in total. The number of rotatable bonds is 5. The van der Waals surface area contributed by atoms with Gasteiger partial charge in [0.15, 0.2) is 0 Å². The predicted molar refractivity (Wildman–Crippen MR) is 74.2 cm³/mol. The predicted octanol–water partition coefficient (Wildman–Crippen LogP) is 3.83. The molecule has 1 aromatic carbocycles. The van der Waals surface area contributed by atoms with Crippen LogP contribution in [0, 0.1) is 5.41 Å². The van der Waals surface area contributed by atoms with Crippen LogP contribution < -0.4 is 5.32 Å². The number of carbonyl (C=O) groups is 1. The smallest absolute Gasteiger partial charge is 0.221 e. The Morgan fingerprint density at radius 3 is 2.33 bits per heavy atom. The molecule has 1 fully saturated rings.